The zero-order valence-electron chi connectivity index (χ0n) is 10.6. The third kappa shape index (κ3) is 3.12. The van der Waals surface area contributed by atoms with Gasteiger partial charge in [-0.1, -0.05) is 6.07 Å². The Hall–Kier alpha value is -1.88. The first-order valence-corrected chi connectivity index (χ1v) is 6.67. The molecule has 0 bridgehead atoms. The first kappa shape index (κ1) is 13.5. The second-order valence-corrected chi connectivity index (χ2v) is 5.05. The van der Waals surface area contributed by atoms with Crippen LogP contribution in [0.3, 0.4) is 0 Å². The molecule has 19 heavy (non-hydrogen) atoms. The summed E-state index contributed by atoms with van der Waals surface area (Å²) in [5.41, 5.74) is 0.619. The van der Waals surface area contributed by atoms with Crippen molar-refractivity contribution >= 4 is 23.0 Å². The van der Waals surface area contributed by atoms with Gasteiger partial charge in [0.1, 0.15) is 5.82 Å². The summed E-state index contributed by atoms with van der Waals surface area (Å²) in [4.78, 5) is 12.5. The molecule has 0 aliphatic rings. The van der Waals surface area contributed by atoms with Gasteiger partial charge in [0.15, 0.2) is 0 Å². The van der Waals surface area contributed by atoms with Crippen LogP contribution in [0.15, 0.2) is 35.7 Å². The van der Waals surface area contributed by atoms with Crippen LogP contribution in [0.2, 0.25) is 0 Å². The predicted octanol–water partition coefficient (Wildman–Crippen LogP) is 3.85. The molecule has 0 amide bonds. The van der Waals surface area contributed by atoms with E-state index in [9.17, 15) is 9.18 Å². The Morgan fingerprint density at radius 1 is 1.42 bits per heavy atom. The normalized spacial score (nSPS) is 11.9. The maximum absolute atomic E-state index is 13.7. The highest BCUT2D eigenvalue weighted by Crippen LogP contribution is 2.25. The van der Waals surface area contributed by atoms with Gasteiger partial charge in [-0.25, -0.2) is 9.18 Å². The summed E-state index contributed by atoms with van der Waals surface area (Å²) >= 11 is 1.59. The number of anilines is 1. The molecule has 0 radical (unpaired) electrons. The number of benzene rings is 1. The number of hydrogen-bond donors (Lipinski definition) is 1. The van der Waals surface area contributed by atoms with Crippen LogP contribution in [0.1, 0.15) is 28.2 Å². The zero-order chi connectivity index (χ0) is 13.8. The van der Waals surface area contributed by atoms with Crippen molar-refractivity contribution in [2.45, 2.75) is 13.0 Å². The lowest BCUT2D eigenvalue weighted by molar-refractivity contribution is 0.0600. The van der Waals surface area contributed by atoms with Crippen LogP contribution in [-0.2, 0) is 4.74 Å². The fourth-order valence-corrected chi connectivity index (χ4v) is 2.46. The smallest absolute Gasteiger partial charge is 0.337 e. The average molecular weight is 279 g/mol. The summed E-state index contributed by atoms with van der Waals surface area (Å²) in [6, 6.07) is 8.02. The quantitative estimate of drug-likeness (QED) is 0.864. The van der Waals surface area contributed by atoms with E-state index in [1.165, 1.54) is 25.3 Å². The molecule has 1 N–H and O–H groups in total. The molecule has 5 heteroatoms. The number of carbonyl (C=O) groups is 1. The summed E-state index contributed by atoms with van der Waals surface area (Å²) in [6.07, 6.45) is 0. The van der Waals surface area contributed by atoms with Gasteiger partial charge >= 0.3 is 5.97 Å². The first-order chi connectivity index (χ1) is 9.11. The highest BCUT2D eigenvalue weighted by Gasteiger charge is 2.13. The van der Waals surface area contributed by atoms with E-state index in [-0.39, 0.29) is 6.04 Å². The Morgan fingerprint density at radius 2 is 2.21 bits per heavy atom. The molecule has 0 saturated carbocycles. The molecule has 1 unspecified atom stereocenters. The van der Waals surface area contributed by atoms with E-state index < -0.39 is 11.8 Å². The number of esters is 1. The lowest BCUT2D eigenvalue weighted by Gasteiger charge is -2.15. The van der Waals surface area contributed by atoms with Crippen LogP contribution in [0.25, 0.3) is 0 Å². The van der Waals surface area contributed by atoms with Crippen molar-refractivity contribution in [3.63, 3.8) is 0 Å². The van der Waals surface area contributed by atoms with Gasteiger partial charge in [-0.2, -0.15) is 0 Å². The maximum Gasteiger partial charge on any atom is 0.337 e. The highest BCUT2D eigenvalue weighted by atomic mass is 32.1. The van der Waals surface area contributed by atoms with Crippen LogP contribution in [0.4, 0.5) is 10.1 Å². The minimum absolute atomic E-state index is 0.0256. The largest absolute Gasteiger partial charge is 0.465 e. The van der Waals surface area contributed by atoms with Gasteiger partial charge in [-0.15, -0.1) is 11.3 Å². The van der Waals surface area contributed by atoms with Crippen LogP contribution >= 0.6 is 11.3 Å². The summed E-state index contributed by atoms with van der Waals surface area (Å²) in [6.45, 7) is 1.94. The molecule has 0 saturated heterocycles. The molecule has 0 spiro atoms. The number of carbonyl (C=O) groups excluding carboxylic acids is 1. The predicted molar refractivity (Wildman–Crippen MR) is 74.1 cm³/mol. The van der Waals surface area contributed by atoms with Crippen LogP contribution in [-0.4, -0.2) is 13.1 Å². The molecule has 1 aromatic carbocycles. The van der Waals surface area contributed by atoms with E-state index in [0.717, 1.165) is 4.88 Å². The molecule has 1 aromatic heterocycles. The van der Waals surface area contributed by atoms with Gasteiger partial charge < -0.3 is 10.1 Å². The Kier molecular flexibility index (Phi) is 4.16. The van der Waals surface area contributed by atoms with Gasteiger partial charge in [0, 0.05) is 4.88 Å². The van der Waals surface area contributed by atoms with Crippen molar-refractivity contribution in [3.05, 3.63) is 52.0 Å². The Labute approximate surface area is 115 Å². The molecule has 0 aliphatic heterocycles. The summed E-state index contributed by atoms with van der Waals surface area (Å²) in [7, 11) is 1.30. The Bertz CT molecular complexity index is 569. The van der Waals surface area contributed by atoms with Gasteiger partial charge in [0.05, 0.1) is 24.4 Å². The topological polar surface area (TPSA) is 38.3 Å². The van der Waals surface area contributed by atoms with Crippen molar-refractivity contribution in [1.82, 2.24) is 0 Å². The molecule has 1 heterocycles. The number of nitrogens with one attached hydrogen (secondary N) is 1. The standard InChI is InChI=1S/C14H14FNO2S/c1-9(13-4-3-7-19-13)16-12-8-10(14(17)18-2)5-6-11(12)15/h3-9,16H,1-2H3. The van der Waals surface area contributed by atoms with E-state index >= 15 is 0 Å². The molecule has 2 rings (SSSR count). The molecular weight excluding hydrogens is 265 g/mol. The van der Waals surface area contributed by atoms with Gasteiger partial charge in [-0.05, 0) is 36.6 Å². The molecule has 100 valence electrons. The minimum atomic E-state index is -0.480. The number of methoxy groups -OCH3 is 1. The fraction of sp³-hybridized carbons (Fsp3) is 0.214. The van der Waals surface area contributed by atoms with Crippen molar-refractivity contribution in [2.75, 3.05) is 12.4 Å². The third-order valence-corrected chi connectivity index (χ3v) is 3.78. The molecular formula is C14H14FNO2S. The first-order valence-electron chi connectivity index (χ1n) is 5.79. The van der Waals surface area contributed by atoms with Crippen LogP contribution in [0, 0.1) is 5.82 Å². The number of ether oxygens (including phenoxy) is 1. The molecule has 0 aliphatic carbocycles. The fourth-order valence-electron chi connectivity index (χ4n) is 1.72. The lowest BCUT2D eigenvalue weighted by atomic mass is 10.1. The van der Waals surface area contributed by atoms with Crippen molar-refractivity contribution in [2.24, 2.45) is 0 Å². The monoisotopic (exact) mass is 279 g/mol. The molecule has 1 atom stereocenters. The van der Waals surface area contributed by atoms with Gasteiger partial charge in [0.2, 0.25) is 0 Å². The second-order valence-electron chi connectivity index (χ2n) is 4.07. The number of thiophene rings is 1. The molecule has 0 fully saturated rings. The van der Waals surface area contributed by atoms with E-state index in [1.54, 1.807) is 11.3 Å². The summed E-state index contributed by atoms with van der Waals surface area (Å²) < 4.78 is 18.3. The van der Waals surface area contributed by atoms with Gasteiger partial charge in [0.25, 0.3) is 0 Å². The average Bonchev–Trinajstić information content (AvgIpc) is 2.94. The number of hydrogen-bond acceptors (Lipinski definition) is 4. The van der Waals surface area contributed by atoms with E-state index in [1.807, 2.05) is 24.4 Å². The zero-order valence-corrected chi connectivity index (χ0v) is 11.5. The Morgan fingerprint density at radius 3 is 2.84 bits per heavy atom. The van der Waals surface area contributed by atoms with Crippen LogP contribution in [0.5, 0.6) is 0 Å². The number of halogens is 1. The Balaban J connectivity index is 2.22. The lowest BCUT2D eigenvalue weighted by Crippen LogP contribution is -2.08. The SMILES string of the molecule is COC(=O)c1ccc(F)c(NC(C)c2cccs2)c1. The van der Waals surface area contributed by atoms with Crippen molar-refractivity contribution in [3.8, 4) is 0 Å². The van der Waals surface area contributed by atoms with Crippen molar-refractivity contribution in [1.29, 1.82) is 0 Å². The molecule has 2 aromatic rings. The number of rotatable bonds is 4. The van der Waals surface area contributed by atoms with Crippen LogP contribution < -0.4 is 5.32 Å². The summed E-state index contributed by atoms with van der Waals surface area (Å²) in [5.74, 6) is -0.872. The van der Waals surface area contributed by atoms with Crippen molar-refractivity contribution < 1.29 is 13.9 Å². The third-order valence-electron chi connectivity index (χ3n) is 2.73. The van der Waals surface area contributed by atoms with E-state index in [2.05, 4.69) is 10.1 Å². The maximum atomic E-state index is 13.7. The second kappa shape index (κ2) is 5.84. The molecule has 3 nitrogen and oxygen atoms in total. The van der Waals surface area contributed by atoms with Gasteiger partial charge in [-0.3, -0.25) is 0 Å². The highest BCUT2D eigenvalue weighted by molar-refractivity contribution is 7.10. The minimum Gasteiger partial charge on any atom is -0.465 e. The van der Waals surface area contributed by atoms with E-state index in [4.69, 9.17) is 0 Å². The summed E-state index contributed by atoms with van der Waals surface area (Å²) in [5, 5.41) is 5.03. The van der Waals surface area contributed by atoms with E-state index in [0.29, 0.717) is 11.3 Å².